The highest BCUT2D eigenvalue weighted by Crippen LogP contribution is 2.28. The highest BCUT2D eigenvalue weighted by atomic mass is 16.5. The van der Waals surface area contributed by atoms with E-state index in [1.165, 1.54) is 18.4 Å². The van der Waals surface area contributed by atoms with E-state index in [2.05, 4.69) is 17.1 Å². The molecule has 4 nitrogen and oxygen atoms in total. The maximum Gasteiger partial charge on any atom is 0.161 e. The van der Waals surface area contributed by atoms with Crippen molar-refractivity contribution in [1.82, 2.24) is 10.2 Å². The smallest absolute Gasteiger partial charge is 0.161 e. The summed E-state index contributed by atoms with van der Waals surface area (Å²) in [4.78, 5) is 2.55. The van der Waals surface area contributed by atoms with Gasteiger partial charge in [0.05, 0.1) is 6.61 Å². The number of nitrogens with zero attached hydrogens (tertiary/aromatic N) is 1. The van der Waals surface area contributed by atoms with Crippen LogP contribution in [0.5, 0.6) is 11.5 Å². The molecule has 1 aromatic carbocycles. The lowest BCUT2D eigenvalue weighted by Crippen LogP contribution is -2.45. The van der Waals surface area contributed by atoms with Gasteiger partial charge < -0.3 is 15.2 Å². The van der Waals surface area contributed by atoms with Crippen LogP contribution < -0.4 is 10.1 Å². The zero-order valence-electron chi connectivity index (χ0n) is 13.3. The van der Waals surface area contributed by atoms with Gasteiger partial charge in [0.2, 0.25) is 0 Å². The first-order valence-electron chi connectivity index (χ1n) is 8.14. The lowest BCUT2D eigenvalue weighted by Gasteiger charge is -2.34. The molecule has 0 radical (unpaired) electrons. The lowest BCUT2D eigenvalue weighted by molar-refractivity contribution is 0.158. The Labute approximate surface area is 128 Å². The number of ether oxygens (including phenoxy) is 1. The van der Waals surface area contributed by atoms with Crippen molar-refractivity contribution >= 4 is 0 Å². The van der Waals surface area contributed by atoms with Crippen molar-refractivity contribution in [3.05, 3.63) is 23.8 Å². The number of hydrogen-bond donors (Lipinski definition) is 2. The minimum absolute atomic E-state index is 0.224. The second-order valence-corrected chi connectivity index (χ2v) is 5.71. The summed E-state index contributed by atoms with van der Waals surface area (Å²) in [7, 11) is 0. The summed E-state index contributed by atoms with van der Waals surface area (Å²) >= 11 is 0. The average Bonchev–Trinajstić information content (AvgIpc) is 2.51. The van der Waals surface area contributed by atoms with E-state index in [-0.39, 0.29) is 5.75 Å². The summed E-state index contributed by atoms with van der Waals surface area (Å²) in [5.74, 6) is 0.815. The van der Waals surface area contributed by atoms with Crippen LogP contribution >= 0.6 is 0 Å². The minimum atomic E-state index is 0.224. The summed E-state index contributed by atoms with van der Waals surface area (Å²) < 4.78 is 5.48. The Balaban J connectivity index is 2.06. The number of phenolic OH excluding ortho intramolecular Hbond substituents is 1. The van der Waals surface area contributed by atoms with Gasteiger partial charge in [-0.2, -0.15) is 0 Å². The second kappa shape index (κ2) is 8.25. The van der Waals surface area contributed by atoms with Crippen LogP contribution in [0.3, 0.4) is 0 Å². The molecule has 1 heterocycles. The molecule has 0 bridgehead atoms. The number of aromatic hydroxyl groups is 1. The predicted molar refractivity (Wildman–Crippen MR) is 85.9 cm³/mol. The van der Waals surface area contributed by atoms with Crippen LogP contribution in [-0.2, 0) is 6.54 Å². The molecule has 1 unspecified atom stereocenters. The van der Waals surface area contributed by atoms with E-state index in [1.54, 1.807) is 6.07 Å². The summed E-state index contributed by atoms with van der Waals surface area (Å²) in [6.07, 6.45) is 3.68. The number of benzene rings is 1. The van der Waals surface area contributed by atoms with E-state index in [0.29, 0.717) is 18.4 Å². The molecule has 1 atom stereocenters. The fourth-order valence-electron chi connectivity index (χ4n) is 2.99. The van der Waals surface area contributed by atoms with Gasteiger partial charge in [0.1, 0.15) is 0 Å². The van der Waals surface area contributed by atoms with E-state index < -0.39 is 0 Å². The Morgan fingerprint density at radius 3 is 2.90 bits per heavy atom. The quantitative estimate of drug-likeness (QED) is 0.811. The first kappa shape index (κ1) is 16.1. The molecule has 0 amide bonds. The second-order valence-electron chi connectivity index (χ2n) is 5.71. The molecule has 0 saturated carbocycles. The first-order valence-corrected chi connectivity index (χ1v) is 8.14. The molecule has 1 fully saturated rings. The Bertz CT molecular complexity index is 431. The Morgan fingerprint density at radius 1 is 1.38 bits per heavy atom. The number of nitrogens with one attached hydrogen (secondary N) is 1. The van der Waals surface area contributed by atoms with Gasteiger partial charge in [-0.05, 0) is 57.0 Å². The molecule has 1 saturated heterocycles. The van der Waals surface area contributed by atoms with Crippen LogP contribution in [-0.4, -0.2) is 42.3 Å². The third-order valence-electron chi connectivity index (χ3n) is 4.01. The summed E-state index contributed by atoms with van der Waals surface area (Å²) in [6.45, 7) is 8.98. The number of rotatable bonds is 7. The maximum atomic E-state index is 9.80. The topological polar surface area (TPSA) is 44.7 Å². The van der Waals surface area contributed by atoms with E-state index in [1.807, 2.05) is 19.1 Å². The fraction of sp³-hybridized carbons (Fsp3) is 0.647. The summed E-state index contributed by atoms with van der Waals surface area (Å²) in [5, 5.41) is 13.3. The van der Waals surface area contributed by atoms with Crippen molar-refractivity contribution in [3.8, 4) is 11.5 Å². The van der Waals surface area contributed by atoms with Crippen molar-refractivity contribution in [1.29, 1.82) is 0 Å². The Hall–Kier alpha value is -1.26. The molecule has 2 rings (SSSR count). The monoisotopic (exact) mass is 292 g/mol. The van der Waals surface area contributed by atoms with Crippen molar-refractivity contribution in [2.75, 3.05) is 26.2 Å². The minimum Gasteiger partial charge on any atom is -0.504 e. The highest BCUT2D eigenvalue weighted by Gasteiger charge is 2.20. The average molecular weight is 292 g/mol. The van der Waals surface area contributed by atoms with Crippen LogP contribution in [0.4, 0.5) is 0 Å². The molecule has 0 aliphatic carbocycles. The van der Waals surface area contributed by atoms with Gasteiger partial charge in [-0.25, -0.2) is 0 Å². The van der Waals surface area contributed by atoms with Gasteiger partial charge >= 0.3 is 0 Å². The number of piperidine rings is 1. The lowest BCUT2D eigenvalue weighted by atomic mass is 10.0. The zero-order chi connectivity index (χ0) is 15.1. The summed E-state index contributed by atoms with van der Waals surface area (Å²) in [5.41, 5.74) is 1.20. The standard InChI is InChI=1S/C17H28N2O2/c1-3-10-19(15-6-5-9-18-12-15)13-14-7-8-16(20)17(11-14)21-4-2/h7-8,11,15,18,20H,3-6,9-10,12-13H2,1-2H3. The number of phenols is 1. The first-order chi connectivity index (χ1) is 10.2. The predicted octanol–water partition coefficient (Wildman–Crippen LogP) is 2.75. The Morgan fingerprint density at radius 2 is 2.24 bits per heavy atom. The Kier molecular flexibility index (Phi) is 6.33. The molecular weight excluding hydrogens is 264 g/mol. The molecule has 1 aliphatic rings. The van der Waals surface area contributed by atoms with Crippen molar-refractivity contribution in [2.45, 2.75) is 45.7 Å². The van der Waals surface area contributed by atoms with Crippen molar-refractivity contribution in [3.63, 3.8) is 0 Å². The third-order valence-corrected chi connectivity index (χ3v) is 4.01. The van der Waals surface area contributed by atoms with Crippen LogP contribution in [0.2, 0.25) is 0 Å². The number of hydrogen-bond acceptors (Lipinski definition) is 4. The van der Waals surface area contributed by atoms with Gasteiger partial charge in [0.25, 0.3) is 0 Å². The van der Waals surface area contributed by atoms with E-state index in [9.17, 15) is 5.11 Å². The third kappa shape index (κ3) is 4.61. The van der Waals surface area contributed by atoms with E-state index >= 15 is 0 Å². The maximum absolute atomic E-state index is 9.80. The largest absolute Gasteiger partial charge is 0.504 e. The molecule has 2 N–H and O–H groups in total. The molecule has 1 aromatic rings. The van der Waals surface area contributed by atoms with Crippen LogP contribution in [0, 0.1) is 0 Å². The molecule has 118 valence electrons. The van der Waals surface area contributed by atoms with Crippen LogP contribution in [0.25, 0.3) is 0 Å². The fourth-order valence-corrected chi connectivity index (χ4v) is 2.99. The van der Waals surface area contributed by atoms with Gasteiger partial charge in [0.15, 0.2) is 11.5 Å². The van der Waals surface area contributed by atoms with Gasteiger partial charge in [-0.15, -0.1) is 0 Å². The molecule has 1 aliphatic heterocycles. The SMILES string of the molecule is CCCN(Cc1ccc(O)c(OCC)c1)C1CCCNC1. The van der Waals surface area contributed by atoms with E-state index in [4.69, 9.17) is 4.74 Å². The van der Waals surface area contributed by atoms with Gasteiger partial charge in [0, 0.05) is 19.1 Å². The van der Waals surface area contributed by atoms with Crippen molar-refractivity contribution in [2.24, 2.45) is 0 Å². The summed E-state index contributed by atoms with van der Waals surface area (Å²) in [6, 6.07) is 6.32. The molecule has 4 heteroatoms. The molecular formula is C17H28N2O2. The molecule has 0 aromatic heterocycles. The van der Waals surface area contributed by atoms with Crippen molar-refractivity contribution < 1.29 is 9.84 Å². The van der Waals surface area contributed by atoms with Gasteiger partial charge in [-0.1, -0.05) is 13.0 Å². The zero-order valence-corrected chi connectivity index (χ0v) is 13.3. The molecule has 0 spiro atoms. The highest BCUT2D eigenvalue weighted by molar-refractivity contribution is 5.41. The van der Waals surface area contributed by atoms with E-state index in [0.717, 1.165) is 32.6 Å². The van der Waals surface area contributed by atoms with Crippen LogP contribution in [0.1, 0.15) is 38.7 Å². The molecule has 21 heavy (non-hydrogen) atoms. The van der Waals surface area contributed by atoms with Crippen LogP contribution in [0.15, 0.2) is 18.2 Å². The van der Waals surface area contributed by atoms with Gasteiger partial charge in [-0.3, -0.25) is 4.90 Å². The normalized spacial score (nSPS) is 18.9.